The first kappa shape index (κ1) is 11.6. The van der Waals surface area contributed by atoms with E-state index < -0.39 is 0 Å². The van der Waals surface area contributed by atoms with Crippen molar-refractivity contribution in [1.29, 1.82) is 5.26 Å². The number of hydrogen-bond donors (Lipinski definition) is 1. The normalized spacial score (nSPS) is 9.94. The summed E-state index contributed by atoms with van der Waals surface area (Å²) in [5, 5.41) is 11.7. The van der Waals surface area contributed by atoms with Gasteiger partial charge in [0.15, 0.2) is 0 Å². The fraction of sp³-hybridized carbons (Fsp3) is 0.154. The zero-order valence-corrected chi connectivity index (χ0v) is 10.1. The predicted octanol–water partition coefficient (Wildman–Crippen LogP) is 3.68. The van der Waals surface area contributed by atoms with E-state index in [0.717, 1.165) is 10.4 Å². The van der Waals surface area contributed by atoms with E-state index in [2.05, 4.69) is 11.4 Å². The van der Waals surface area contributed by atoms with Gasteiger partial charge in [-0.15, -0.1) is 11.3 Å². The van der Waals surface area contributed by atoms with Crippen LogP contribution in [0.2, 0.25) is 0 Å². The number of anilines is 1. The van der Waals surface area contributed by atoms with Gasteiger partial charge in [0.25, 0.3) is 0 Å². The van der Waals surface area contributed by atoms with Gasteiger partial charge in [-0.05, 0) is 36.8 Å². The maximum atomic E-state index is 13.4. The number of aryl methyl sites for hydroxylation is 1. The molecule has 86 valence electrons. The van der Waals surface area contributed by atoms with Crippen LogP contribution in [-0.4, -0.2) is 0 Å². The number of thiophene rings is 1. The molecule has 0 spiro atoms. The Morgan fingerprint density at radius 1 is 1.35 bits per heavy atom. The van der Waals surface area contributed by atoms with Gasteiger partial charge in [0.1, 0.15) is 16.8 Å². The average Bonchev–Trinajstić information content (AvgIpc) is 2.78. The molecule has 17 heavy (non-hydrogen) atoms. The number of halogens is 1. The fourth-order valence-electron chi connectivity index (χ4n) is 1.49. The van der Waals surface area contributed by atoms with Gasteiger partial charge in [-0.25, -0.2) is 4.39 Å². The van der Waals surface area contributed by atoms with E-state index in [1.54, 1.807) is 18.2 Å². The van der Waals surface area contributed by atoms with Gasteiger partial charge in [-0.2, -0.15) is 5.26 Å². The highest BCUT2D eigenvalue weighted by Crippen LogP contribution is 2.20. The second-order valence-electron chi connectivity index (χ2n) is 3.71. The topological polar surface area (TPSA) is 35.8 Å². The summed E-state index contributed by atoms with van der Waals surface area (Å²) in [6, 6.07) is 10.7. The van der Waals surface area contributed by atoms with Crippen molar-refractivity contribution < 1.29 is 4.39 Å². The molecule has 0 fully saturated rings. The van der Waals surface area contributed by atoms with Crippen molar-refractivity contribution in [3.05, 3.63) is 51.5 Å². The summed E-state index contributed by atoms with van der Waals surface area (Å²) in [4.78, 5) is 1.69. The molecule has 2 rings (SSSR count). The van der Waals surface area contributed by atoms with Crippen LogP contribution in [0.4, 0.5) is 10.1 Å². The smallest absolute Gasteiger partial charge is 0.146 e. The molecule has 1 aromatic heterocycles. The third kappa shape index (κ3) is 2.83. The van der Waals surface area contributed by atoms with E-state index >= 15 is 0 Å². The first-order valence-corrected chi connectivity index (χ1v) is 5.99. The molecule has 0 amide bonds. The zero-order valence-electron chi connectivity index (χ0n) is 9.33. The summed E-state index contributed by atoms with van der Waals surface area (Å²) >= 11 is 1.42. The Kier molecular flexibility index (Phi) is 3.40. The number of nitrogens with one attached hydrogen (secondary N) is 1. The van der Waals surface area contributed by atoms with E-state index in [-0.39, 0.29) is 5.82 Å². The number of nitriles is 1. The number of hydrogen-bond acceptors (Lipinski definition) is 3. The van der Waals surface area contributed by atoms with Crippen LogP contribution in [0.3, 0.4) is 0 Å². The average molecular weight is 246 g/mol. The highest BCUT2D eigenvalue weighted by atomic mass is 32.1. The SMILES string of the molecule is Cc1ccc(F)c(NCc2ccc(C#N)s2)c1. The molecular formula is C13H11FN2S. The van der Waals surface area contributed by atoms with E-state index in [0.29, 0.717) is 17.1 Å². The molecule has 0 unspecified atom stereocenters. The van der Waals surface area contributed by atoms with Crippen molar-refractivity contribution in [1.82, 2.24) is 0 Å². The second kappa shape index (κ2) is 4.98. The van der Waals surface area contributed by atoms with Crippen LogP contribution >= 0.6 is 11.3 Å². The van der Waals surface area contributed by atoms with Crippen LogP contribution < -0.4 is 5.32 Å². The minimum Gasteiger partial charge on any atom is -0.378 e. The summed E-state index contributed by atoms with van der Waals surface area (Å²) in [6.07, 6.45) is 0. The van der Waals surface area contributed by atoms with E-state index in [1.807, 2.05) is 13.0 Å². The van der Waals surface area contributed by atoms with Crippen LogP contribution in [0.25, 0.3) is 0 Å². The van der Waals surface area contributed by atoms with Crippen LogP contribution in [0.15, 0.2) is 30.3 Å². The third-order valence-corrected chi connectivity index (χ3v) is 3.34. The Bertz CT molecular complexity index is 569. The molecule has 2 aromatic rings. The Morgan fingerprint density at radius 2 is 2.18 bits per heavy atom. The number of nitrogens with zero attached hydrogens (tertiary/aromatic N) is 1. The first-order valence-electron chi connectivity index (χ1n) is 5.18. The minimum absolute atomic E-state index is 0.257. The molecule has 0 aliphatic rings. The van der Waals surface area contributed by atoms with Crippen molar-refractivity contribution in [3.63, 3.8) is 0 Å². The molecule has 0 saturated heterocycles. The van der Waals surface area contributed by atoms with Crippen molar-refractivity contribution in [2.24, 2.45) is 0 Å². The van der Waals surface area contributed by atoms with Gasteiger partial charge in [0.2, 0.25) is 0 Å². The molecule has 0 aliphatic heterocycles. The van der Waals surface area contributed by atoms with Gasteiger partial charge in [0.05, 0.1) is 5.69 Å². The van der Waals surface area contributed by atoms with Gasteiger partial charge in [0, 0.05) is 11.4 Å². The molecule has 2 nitrogen and oxygen atoms in total. The standard InChI is InChI=1S/C13H11FN2S/c1-9-2-5-12(14)13(6-9)16-8-11-4-3-10(7-15)17-11/h2-6,16H,8H2,1H3. The van der Waals surface area contributed by atoms with Crippen LogP contribution in [0.5, 0.6) is 0 Å². The summed E-state index contributed by atoms with van der Waals surface area (Å²) in [5.74, 6) is -0.257. The minimum atomic E-state index is -0.257. The second-order valence-corrected chi connectivity index (χ2v) is 4.88. The highest BCUT2D eigenvalue weighted by Gasteiger charge is 2.03. The molecule has 0 saturated carbocycles. The maximum Gasteiger partial charge on any atom is 0.146 e. The molecule has 0 radical (unpaired) electrons. The summed E-state index contributed by atoms with van der Waals surface area (Å²) in [6.45, 7) is 2.45. The van der Waals surface area contributed by atoms with Gasteiger partial charge < -0.3 is 5.32 Å². The van der Waals surface area contributed by atoms with E-state index in [4.69, 9.17) is 5.26 Å². The molecule has 0 aliphatic carbocycles. The summed E-state index contributed by atoms with van der Waals surface area (Å²) in [5.41, 5.74) is 1.51. The lowest BCUT2D eigenvalue weighted by molar-refractivity contribution is 0.630. The number of benzene rings is 1. The molecule has 0 bridgehead atoms. The van der Waals surface area contributed by atoms with Crippen molar-refractivity contribution >= 4 is 17.0 Å². The molecular weight excluding hydrogens is 235 g/mol. The molecule has 4 heteroatoms. The maximum absolute atomic E-state index is 13.4. The lowest BCUT2D eigenvalue weighted by atomic mass is 10.2. The first-order chi connectivity index (χ1) is 8.19. The zero-order chi connectivity index (χ0) is 12.3. The summed E-state index contributed by atoms with van der Waals surface area (Å²) < 4.78 is 13.4. The van der Waals surface area contributed by atoms with E-state index in [1.165, 1.54) is 17.4 Å². The van der Waals surface area contributed by atoms with Crippen LogP contribution in [-0.2, 0) is 6.54 Å². The quantitative estimate of drug-likeness (QED) is 0.896. The third-order valence-electron chi connectivity index (χ3n) is 2.35. The van der Waals surface area contributed by atoms with Crippen molar-refractivity contribution in [3.8, 4) is 6.07 Å². The Labute approximate surface area is 103 Å². The lowest BCUT2D eigenvalue weighted by Crippen LogP contribution is -2.00. The Morgan fingerprint density at radius 3 is 2.88 bits per heavy atom. The van der Waals surface area contributed by atoms with Gasteiger partial charge in [-0.3, -0.25) is 0 Å². The number of rotatable bonds is 3. The van der Waals surface area contributed by atoms with Crippen LogP contribution in [0.1, 0.15) is 15.3 Å². The molecule has 1 heterocycles. The Hall–Kier alpha value is -1.86. The monoisotopic (exact) mass is 246 g/mol. The van der Waals surface area contributed by atoms with Crippen molar-refractivity contribution in [2.75, 3.05) is 5.32 Å². The largest absolute Gasteiger partial charge is 0.378 e. The predicted molar refractivity (Wildman–Crippen MR) is 67.5 cm³/mol. The van der Waals surface area contributed by atoms with E-state index in [9.17, 15) is 4.39 Å². The molecule has 1 aromatic carbocycles. The fourth-order valence-corrected chi connectivity index (χ4v) is 2.23. The summed E-state index contributed by atoms with van der Waals surface area (Å²) in [7, 11) is 0. The molecule has 1 N–H and O–H groups in total. The lowest BCUT2D eigenvalue weighted by Gasteiger charge is -2.06. The molecule has 0 atom stereocenters. The van der Waals surface area contributed by atoms with Gasteiger partial charge in [-0.1, -0.05) is 6.07 Å². The van der Waals surface area contributed by atoms with Crippen molar-refractivity contribution in [2.45, 2.75) is 13.5 Å². The Balaban J connectivity index is 2.07. The van der Waals surface area contributed by atoms with Gasteiger partial charge >= 0.3 is 0 Å². The highest BCUT2D eigenvalue weighted by molar-refractivity contribution is 7.12. The van der Waals surface area contributed by atoms with Crippen LogP contribution in [0, 0.1) is 24.1 Å².